The first-order valence-electron chi connectivity index (χ1n) is 5.95. The van der Waals surface area contributed by atoms with Gasteiger partial charge in [-0.1, -0.05) is 0 Å². The Morgan fingerprint density at radius 1 is 1.50 bits per heavy atom. The molecule has 0 saturated carbocycles. The largest absolute Gasteiger partial charge is 0.444 e. The summed E-state index contributed by atoms with van der Waals surface area (Å²) in [5, 5.41) is 0. The van der Waals surface area contributed by atoms with E-state index < -0.39 is 5.60 Å². The van der Waals surface area contributed by atoms with Crippen LogP contribution >= 0.6 is 0 Å². The predicted octanol–water partition coefficient (Wildman–Crippen LogP) is 2.17. The molecule has 2 aliphatic rings. The van der Waals surface area contributed by atoms with Crippen LogP contribution < -0.4 is 0 Å². The molecule has 2 aliphatic heterocycles. The number of likely N-dealkylation sites (tertiary alicyclic amines) is 1. The lowest BCUT2D eigenvalue weighted by Gasteiger charge is -2.37. The molecule has 0 radical (unpaired) electrons. The Kier molecular flexibility index (Phi) is 2.65. The number of nitrogens with zero attached hydrogens (tertiary/aromatic N) is 1. The monoisotopic (exact) mass is 227 g/mol. The van der Waals surface area contributed by atoms with E-state index in [0.717, 1.165) is 26.0 Å². The maximum atomic E-state index is 11.9. The fraction of sp³-hybridized carbons (Fsp3) is 0.917. The summed E-state index contributed by atoms with van der Waals surface area (Å²) in [7, 11) is 0. The molecule has 2 atom stereocenters. The van der Waals surface area contributed by atoms with E-state index in [2.05, 4.69) is 6.92 Å². The Morgan fingerprint density at radius 2 is 2.12 bits per heavy atom. The highest BCUT2D eigenvalue weighted by atomic mass is 16.6. The maximum absolute atomic E-state index is 11.9. The second-order valence-electron chi connectivity index (χ2n) is 5.95. The molecule has 1 amide bonds. The third-order valence-electron chi connectivity index (χ3n) is 3.19. The summed E-state index contributed by atoms with van der Waals surface area (Å²) >= 11 is 0. The molecule has 2 saturated heterocycles. The van der Waals surface area contributed by atoms with Crippen LogP contribution in [0.25, 0.3) is 0 Å². The highest BCUT2D eigenvalue weighted by molar-refractivity contribution is 5.68. The van der Waals surface area contributed by atoms with E-state index in [9.17, 15) is 4.79 Å². The standard InChI is InChI=1S/C12H21NO3/c1-9-7-12(8-15-12)5-6-13(9)10(14)16-11(2,3)4/h9H,5-8H2,1-4H3/t9-,12+/m1/s1. The molecule has 0 unspecified atom stereocenters. The molecule has 0 N–H and O–H groups in total. The molecular formula is C12H21NO3. The molecule has 4 nitrogen and oxygen atoms in total. The zero-order valence-corrected chi connectivity index (χ0v) is 10.6. The van der Waals surface area contributed by atoms with E-state index in [1.807, 2.05) is 25.7 Å². The van der Waals surface area contributed by atoms with E-state index >= 15 is 0 Å². The SMILES string of the molecule is C[C@@H]1C[C@@]2(CCN1C(=O)OC(C)(C)C)CO2. The third-order valence-corrected chi connectivity index (χ3v) is 3.19. The van der Waals surface area contributed by atoms with Gasteiger partial charge in [0.15, 0.2) is 0 Å². The van der Waals surface area contributed by atoms with E-state index in [4.69, 9.17) is 9.47 Å². The molecule has 92 valence electrons. The van der Waals surface area contributed by atoms with Crippen LogP contribution in [0.3, 0.4) is 0 Å². The smallest absolute Gasteiger partial charge is 0.410 e. The summed E-state index contributed by atoms with van der Waals surface area (Å²) < 4.78 is 10.8. The molecule has 0 aromatic rings. The van der Waals surface area contributed by atoms with E-state index in [-0.39, 0.29) is 17.7 Å². The molecule has 0 aromatic heterocycles. The minimum Gasteiger partial charge on any atom is -0.444 e. The average molecular weight is 227 g/mol. The molecule has 4 heteroatoms. The van der Waals surface area contributed by atoms with Crippen molar-refractivity contribution in [1.29, 1.82) is 0 Å². The van der Waals surface area contributed by atoms with Gasteiger partial charge in [-0.15, -0.1) is 0 Å². The van der Waals surface area contributed by atoms with Crippen molar-refractivity contribution in [2.24, 2.45) is 0 Å². The van der Waals surface area contributed by atoms with E-state index in [1.165, 1.54) is 0 Å². The van der Waals surface area contributed by atoms with Gasteiger partial charge in [-0.25, -0.2) is 4.79 Å². The highest BCUT2D eigenvalue weighted by Gasteiger charge is 2.50. The minimum atomic E-state index is -0.415. The summed E-state index contributed by atoms with van der Waals surface area (Å²) in [6.45, 7) is 9.35. The number of hydrogen-bond donors (Lipinski definition) is 0. The Bertz CT molecular complexity index is 291. The van der Waals surface area contributed by atoms with Crippen molar-refractivity contribution < 1.29 is 14.3 Å². The van der Waals surface area contributed by atoms with Crippen LogP contribution in [0.2, 0.25) is 0 Å². The van der Waals surface area contributed by atoms with Crippen LogP contribution in [0, 0.1) is 0 Å². The van der Waals surface area contributed by atoms with Gasteiger partial charge in [0.2, 0.25) is 0 Å². The first kappa shape index (κ1) is 11.7. The Balaban J connectivity index is 1.92. The van der Waals surface area contributed by atoms with Crippen LogP contribution in [0.15, 0.2) is 0 Å². The molecular weight excluding hydrogens is 206 g/mol. The zero-order valence-electron chi connectivity index (χ0n) is 10.6. The van der Waals surface area contributed by atoms with Crippen LogP contribution in [0.4, 0.5) is 4.79 Å². The molecule has 2 heterocycles. The van der Waals surface area contributed by atoms with Crippen molar-refractivity contribution in [3.05, 3.63) is 0 Å². The molecule has 16 heavy (non-hydrogen) atoms. The van der Waals surface area contributed by atoms with Gasteiger partial charge in [0.1, 0.15) is 5.60 Å². The minimum absolute atomic E-state index is 0.0952. The van der Waals surface area contributed by atoms with E-state index in [1.54, 1.807) is 0 Å². The molecule has 0 aromatic carbocycles. The summed E-state index contributed by atoms with van der Waals surface area (Å²) in [6, 6.07) is 0.214. The predicted molar refractivity (Wildman–Crippen MR) is 60.3 cm³/mol. The topological polar surface area (TPSA) is 42.1 Å². The zero-order chi connectivity index (χ0) is 12.0. The van der Waals surface area contributed by atoms with E-state index in [0.29, 0.717) is 0 Å². The Labute approximate surface area is 96.9 Å². The molecule has 2 fully saturated rings. The van der Waals surface area contributed by atoms with Gasteiger partial charge in [-0.05, 0) is 40.5 Å². The number of carbonyl (C=O) groups is 1. The number of carbonyl (C=O) groups excluding carboxylic acids is 1. The lowest BCUT2D eigenvalue weighted by atomic mass is 9.92. The van der Waals surface area contributed by atoms with Crippen molar-refractivity contribution in [2.75, 3.05) is 13.2 Å². The van der Waals surface area contributed by atoms with Gasteiger partial charge < -0.3 is 14.4 Å². The van der Waals surface area contributed by atoms with Crippen molar-refractivity contribution in [3.8, 4) is 0 Å². The van der Waals surface area contributed by atoms with Crippen molar-refractivity contribution >= 4 is 6.09 Å². The van der Waals surface area contributed by atoms with Crippen LogP contribution in [0.1, 0.15) is 40.5 Å². The second-order valence-corrected chi connectivity index (χ2v) is 5.95. The second kappa shape index (κ2) is 3.62. The van der Waals surface area contributed by atoms with Crippen molar-refractivity contribution in [3.63, 3.8) is 0 Å². The first-order chi connectivity index (χ1) is 7.31. The fourth-order valence-electron chi connectivity index (χ4n) is 2.25. The number of epoxide rings is 1. The number of ether oxygens (including phenoxy) is 2. The Morgan fingerprint density at radius 3 is 2.56 bits per heavy atom. The first-order valence-corrected chi connectivity index (χ1v) is 5.95. The maximum Gasteiger partial charge on any atom is 0.410 e. The number of rotatable bonds is 0. The number of piperidine rings is 1. The van der Waals surface area contributed by atoms with Crippen molar-refractivity contribution in [2.45, 2.75) is 57.8 Å². The van der Waals surface area contributed by atoms with Crippen molar-refractivity contribution in [1.82, 2.24) is 4.90 Å². The lowest BCUT2D eigenvalue weighted by Crippen LogP contribution is -2.49. The van der Waals surface area contributed by atoms with Crippen LogP contribution in [0.5, 0.6) is 0 Å². The quantitative estimate of drug-likeness (QED) is 0.596. The summed E-state index contributed by atoms with van der Waals surface area (Å²) in [6.07, 6.45) is 1.68. The highest BCUT2D eigenvalue weighted by Crippen LogP contribution is 2.40. The molecule has 1 spiro atoms. The molecule has 2 rings (SSSR count). The fourth-order valence-corrected chi connectivity index (χ4v) is 2.25. The summed E-state index contributed by atoms with van der Waals surface area (Å²) in [4.78, 5) is 13.7. The number of amides is 1. The van der Waals surface area contributed by atoms with Gasteiger partial charge in [0, 0.05) is 12.6 Å². The number of hydrogen-bond acceptors (Lipinski definition) is 3. The van der Waals surface area contributed by atoms with Crippen LogP contribution in [-0.2, 0) is 9.47 Å². The molecule has 0 aliphatic carbocycles. The van der Waals surface area contributed by atoms with Gasteiger partial charge in [0.25, 0.3) is 0 Å². The summed E-state index contributed by atoms with van der Waals surface area (Å²) in [5.74, 6) is 0. The van der Waals surface area contributed by atoms with Gasteiger partial charge in [0.05, 0.1) is 12.2 Å². The molecule has 0 bridgehead atoms. The van der Waals surface area contributed by atoms with Crippen LogP contribution in [-0.4, -0.2) is 41.4 Å². The van der Waals surface area contributed by atoms with Gasteiger partial charge in [-0.3, -0.25) is 0 Å². The normalized spacial score (nSPS) is 34.0. The Hall–Kier alpha value is -0.770. The summed E-state index contributed by atoms with van der Waals surface area (Å²) in [5.41, 5.74) is -0.319. The van der Waals surface area contributed by atoms with Gasteiger partial charge >= 0.3 is 6.09 Å². The average Bonchev–Trinajstić information content (AvgIpc) is 2.81. The lowest BCUT2D eigenvalue weighted by molar-refractivity contribution is 0.00441. The van der Waals surface area contributed by atoms with Gasteiger partial charge in [-0.2, -0.15) is 0 Å². The third kappa shape index (κ3) is 2.48.